The van der Waals surface area contributed by atoms with Crippen molar-refractivity contribution in [2.45, 2.75) is 95.1 Å². The van der Waals surface area contributed by atoms with Crippen LogP contribution < -0.4 is 9.47 Å². The summed E-state index contributed by atoms with van der Waals surface area (Å²) in [6.45, 7) is 1.85. The van der Waals surface area contributed by atoms with Gasteiger partial charge < -0.3 is 14.2 Å². The van der Waals surface area contributed by atoms with Crippen LogP contribution in [0.2, 0.25) is 0 Å². The average Bonchev–Trinajstić information content (AvgIpc) is 2.90. The Labute approximate surface area is 242 Å². The molecule has 2 atom stereocenters. The highest BCUT2D eigenvalue weighted by molar-refractivity contribution is 5.33. The van der Waals surface area contributed by atoms with Gasteiger partial charge in [-0.25, -0.2) is 13.2 Å². The molecule has 2 aromatic rings. The molecule has 240 valence electrons. The van der Waals surface area contributed by atoms with Gasteiger partial charge >= 0.3 is 18.4 Å². The third kappa shape index (κ3) is 8.07. The zero-order valence-corrected chi connectivity index (χ0v) is 23.3. The number of ether oxygens (including phenoxy) is 3. The van der Waals surface area contributed by atoms with Crippen molar-refractivity contribution in [3.63, 3.8) is 0 Å². The van der Waals surface area contributed by atoms with E-state index in [0.717, 1.165) is 25.3 Å². The molecule has 4 rings (SSSR count). The van der Waals surface area contributed by atoms with Gasteiger partial charge in [-0.3, -0.25) is 0 Å². The Bertz CT molecular complexity index is 1210. The van der Waals surface area contributed by atoms with Crippen molar-refractivity contribution in [2.75, 3.05) is 6.61 Å². The van der Waals surface area contributed by atoms with Crippen LogP contribution in [0, 0.1) is 29.3 Å². The highest BCUT2D eigenvalue weighted by Gasteiger charge is 2.46. The molecule has 1 saturated heterocycles. The van der Waals surface area contributed by atoms with E-state index in [1.807, 2.05) is 6.92 Å². The second-order valence-electron chi connectivity index (χ2n) is 11.2. The quantitative estimate of drug-likeness (QED) is 0.245. The molecule has 3 nitrogen and oxygen atoms in total. The lowest BCUT2D eigenvalue weighted by molar-refractivity contribution is -0.241. The van der Waals surface area contributed by atoms with Crippen LogP contribution in [0.5, 0.6) is 11.5 Å². The first-order chi connectivity index (χ1) is 20.1. The van der Waals surface area contributed by atoms with E-state index in [9.17, 15) is 43.9 Å². The maximum atomic E-state index is 15.0. The molecule has 1 aliphatic carbocycles. The smallest absolute Gasteiger partial charge is 0.422 e. The summed E-state index contributed by atoms with van der Waals surface area (Å²) in [5.41, 5.74) is -2.09. The third-order valence-corrected chi connectivity index (χ3v) is 8.15. The van der Waals surface area contributed by atoms with Crippen LogP contribution >= 0.6 is 0 Å². The first-order valence-corrected chi connectivity index (χ1v) is 14.2. The van der Waals surface area contributed by atoms with Crippen molar-refractivity contribution >= 4 is 0 Å². The highest BCUT2D eigenvalue weighted by atomic mass is 19.4. The minimum Gasteiger partial charge on any atom is -0.432 e. The van der Waals surface area contributed by atoms with E-state index in [0.29, 0.717) is 6.42 Å². The Balaban J connectivity index is 1.33. The van der Waals surface area contributed by atoms with Crippen molar-refractivity contribution in [1.29, 1.82) is 0 Å². The Morgan fingerprint density at radius 2 is 1.28 bits per heavy atom. The average molecular weight is 631 g/mol. The minimum absolute atomic E-state index is 0.0413. The number of unbranched alkanes of at least 4 members (excludes halogenated alkanes) is 1. The van der Waals surface area contributed by atoms with Crippen LogP contribution in [-0.2, 0) is 10.9 Å². The first-order valence-electron chi connectivity index (χ1n) is 14.2. The minimum atomic E-state index is -5.36. The largest absolute Gasteiger partial charge is 0.432 e. The Morgan fingerprint density at radius 1 is 0.721 bits per heavy atom. The van der Waals surface area contributed by atoms with Crippen LogP contribution in [0.25, 0.3) is 0 Å². The van der Waals surface area contributed by atoms with E-state index >= 15 is 0 Å². The number of hydrogen-bond donors (Lipinski definition) is 0. The van der Waals surface area contributed by atoms with Crippen LogP contribution in [0.15, 0.2) is 30.3 Å². The van der Waals surface area contributed by atoms with Crippen LogP contribution in [-0.4, -0.2) is 24.9 Å². The van der Waals surface area contributed by atoms with E-state index in [4.69, 9.17) is 9.47 Å². The number of halogens is 10. The van der Waals surface area contributed by atoms with Crippen molar-refractivity contribution in [2.24, 2.45) is 11.8 Å². The van der Waals surface area contributed by atoms with Gasteiger partial charge in [0.2, 0.25) is 0 Å². The first kappa shape index (κ1) is 33.2. The summed E-state index contributed by atoms with van der Waals surface area (Å²) in [7, 11) is 0. The molecule has 1 aliphatic heterocycles. The molecule has 0 N–H and O–H groups in total. The second-order valence-corrected chi connectivity index (χ2v) is 11.2. The van der Waals surface area contributed by atoms with Gasteiger partial charge in [0.1, 0.15) is 34.5 Å². The summed E-state index contributed by atoms with van der Waals surface area (Å²) in [4.78, 5) is 0. The third-order valence-electron chi connectivity index (χ3n) is 8.15. The van der Waals surface area contributed by atoms with Gasteiger partial charge in [0.05, 0.1) is 24.5 Å². The Morgan fingerprint density at radius 3 is 1.81 bits per heavy atom. The highest BCUT2D eigenvalue weighted by Crippen LogP contribution is 2.45. The monoisotopic (exact) mass is 630 g/mol. The Hall–Kier alpha value is -2.70. The van der Waals surface area contributed by atoms with Gasteiger partial charge in [0.25, 0.3) is 0 Å². The second kappa shape index (κ2) is 13.1. The lowest BCUT2D eigenvalue weighted by Crippen LogP contribution is -2.41. The lowest BCUT2D eigenvalue weighted by atomic mass is 9.78. The molecular weight excluding hydrogens is 598 g/mol. The summed E-state index contributed by atoms with van der Waals surface area (Å²) in [5.74, 6) is -9.71. The van der Waals surface area contributed by atoms with Gasteiger partial charge in [-0.05, 0) is 62.5 Å². The van der Waals surface area contributed by atoms with Crippen molar-refractivity contribution < 1.29 is 58.1 Å². The van der Waals surface area contributed by atoms with E-state index in [1.54, 1.807) is 0 Å². The SMILES string of the molecule is CCCCC1CCC(C(F)(F)Oc2ccc(C3CCC(C(F)(F)Oc4cc(F)c(C(F)(F)F)c(F)c4)CC3)c(F)c2)CO1. The lowest BCUT2D eigenvalue weighted by Gasteiger charge is -2.34. The summed E-state index contributed by atoms with van der Waals surface area (Å²) >= 11 is 0. The summed E-state index contributed by atoms with van der Waals surface area (Å²) < 4.78 is 155. The molecule has 2 aliphatic rings. The van der Waals surface area contributed by atoms with Crippen molar-refractivity contribution in [3.05, 3.63) is 58.9 Å². The van der Waals surface area contributed by atoms with Gasteiger partial charge in [0.15, 0.2) is 0 Å². The summed E-state index contributed by atoms with van der Waals surface area (Å²) in [6, 6.07) is 3.37. The van der Waals surface area contributed by atoms with E-state index in [-0.39, 0.29) is 68.3 Å². The molecule has 0 spiro atoms. The summed E-state index contributed by atoms with van der Waals surface area (Å²) in [6.07, 6.45) is -9.94. The fraction of sp³-hybridized carbons (Fsp3) is 0.600. The number of alkyl halides is 7. The maximum Gasteiger partial charge on any atom is 0.422 e. The normalized spacial score (nSPS) is 23.7. The number of rotatable bonds is 10. The molecule has 0 radical (unpaired) electrons. The van der Waals surface area contributed by atoms with Crippen molar-refractivity contribution in [1.82, 2.24) is 0 Å². The predicted octanol–water partition coefficient (Wildman–Crippen LogP) is 10.0. The number of hydrogen-bond acceptors (Lipinski definition) is 3. The van der Waals surface area contributed by atoms with E-state index in [2.05, 4.69) is 4.74 Å². The van der Waals surface area contributed by atoms with Crippen molar-refractivity contribution in [3.8, 4) is 11.5 Å². The van der Waals surface area contributed by atoms with Gasteiger partial charge in [0, 0.05) is 18.2 Å². The maximum absolute atomic E-state index is 15.0. The molecule has 13 heteroatoms. The zero-order valence-electron chi connectivity index (χ0n) is 23.3. The standard InChI is InChI=1S/C30H32F10O3/c1-2-3-4-20-10-9-19(16-41-20)30(39,40)42-21-11-12-23(24(31)13-21)17-5-7-18(8-6-17)29(37,38)43-22-14-25(32)27(26(33)15-22)28(34,35)36/h11-15,17-20H,2-10,16H2,1H3. The molecule has 2 fully saturated rings. The number of benzene rings is 2. The molecule has 0 aromatic heterocycles. The van der Waals surface area contributed by atoms with E-state index < -0.39 is 64.9 Å². The fourth-order valence-corrected chi connectivity index (χ4v) is 5.73. The fourth-order valence-electron chi connectivity index (χ4n) is 5.73. The molecular formula is C30H32F10O3. The molecule has 2 aromatic carbocycles. The molecule has 0 bridgehead atoms. The van der Waals surface area contributed by atoms with Gasteiger partial charge in [-0.15, -0.1) is 0 Å². The predicted molar refractivity (Wildman–Crippen MR) is 136 cm³/mol. The molecule has 2 unspecified atom stereocenters. The Kier molecular flexibility index (Phi) is 10.1. The van der Waals surface area contributed by atoms with Gasteiger partial charge in [-0.1, -0.05) is 25.8 Å². The van der Waals surface area contributed by atoms with Crippen LogP contribution in [0.3, 0.4) is 0 Å². The zero-order chi connectivity index (χ0) is 31.6. The molecule has 0 amide bonds. The molecule has 1 heterocycles. The van der Waals surface area contributed by atoms with E-state index in [1.165, 1.54) is 12.1 Å². The molecule has 43 heavy (non-hydrogen) atoms. The molecule has 1 saturated carbocycles. The van der Waals surface area contributed by atoms with Crippen LogP contribution in [0.1, 0.15) is 81.8 Å². The van der Waals surface area contributed by atoms with Gasteiger partial charge in [-0.2, -0.15) is 30.7 Å². The summed E-state index contributed by atoms with van der Waals surface area (Å²) in [5, 5.41) is 0. The van der Waals surface area contributed by atoms with Crippen LogP contribution in [0.4, 0.5) is 43.9 Å². The topological polar surface area (TPSA) is 27.7 Å².